The van der Waals surface area contributed by atoms with E-state index in [0.717, 1.165) is 12.0 Å². The SMILES string of the molecule is C=CC(F)(F)c1ccc(CN(c2ncnc(C)c2F)C2CCOC2)cc1. The summed E-state index contributed by atoms with van der Waals surface area (Å²) in [4.78, 5) is 9.79. The highest BCUT2D eigenvalue weighted by Gasteiger charge is 2.29. The van der Waals surface area contributed by atoms with Gasteiger partial charge in [-0.05, 0) is 25.0 Å². The van der Waals surface area contributed by atoms with Crippen molar-refractivity contribution in [1.29, 1.82) is 0 Å². The molecule has 0 saturated carbocycles. The number of anilines is 1. The molecule has 0 N–H and O–H groups in total. The van der Waals surface area contributed by atoms with Crippen molar-refractivity contribution < 1.29 is 17.9 Å². The van der Waals surface area contributed by atoms with Crippen LogP contribution in [0, 0.1) is 12.7 Å². The highest BCUT2D eigenvalue weighted by Crippen LogP contribution is 2.30. The molecule has 1 saturated heterocycles. The Morgan fingerprint density at radius 2 is 2.04 bits per heavy atom. The number of aryl methyl sites for hydroxylation is 1. The highest BCUT2D eigenvalue weighted by molar-refractivity contribution is 5.44. The van der Waals surface area contributed by atoms with Gasteiger partial charge >= 0.3 is 0 Å². The minimum absolute atomic E-state index is 0.0342. The first-order chi connectivity index (χ1) is 12.4. The maximum absolute atomic E-state index is 14.6. The first-order valence-corrected chi connectivity index (χ1v) is 8.34. The molecule has 1 atom stereocenters. The fraction of sp³-hybridized carbons (Fsp3) is 0.368. The predicted molar refractivity (Wildman–Crippen MR) is 92.7 cm³/mol. The predicted octanol–water partition coefficient (Wildman–Crippen LogP) is 4.00. The van der Waals surface area contributed by atoms with E-state index in [4.69, 9.17) is 4.74 Å². The molecule has 0 amide bonds. The van der Waals surface area contributed by atoms with Crippen LogP contribution in [0.3, 0.4) is 0 Å². The van der Waals surface area contributed by atoms with E-state index in [1.54, 1.807) is 19.1 Å². The number of allylic oxidation sites excluding steroid dienone is 1. The number of rotatable bonds is 6. The van der Waals surface area contributed by atoms with Gasteiger partial charge in [-0.25, -0.2) is 14.4 Å². The Hall–Kier alpha value is -2.41. The Kier molecular flexibility index (Phi) is 5.27. The second-order valence-corrected chi connectivity index (χ2v) is 6.27. The maximum Gasteiger partial charge on any atom is 0.291 e. The summed E-state index contributed by atoms with van der Waals surface area (Å²) < 4.78 is 47.3. The van der Waals surface area contributed by atoms with Crippen molar-refractivity contribution in [3.05, 3.63) is 65.9 Å². The van der Waals surface area contributed by atoms with Crippen molar-refractivity contribution in [3.8, 4) is 0 Å². The van der Waals surface area contributed by atoms with E-state index in [2.05, 4.69) is 16.5 Å². The Bertz CT molecular complexity index is 774. The molecule has 0 aliphatic carbocycles. The van der Waals surface area contributed by atoms with Crippen LogP contribution in [0.15, 0.2) is 43.2 Å². The van der Waals surface area contributed by atoms with Crippen LogP contribution in [-0.2, 0) is 17.2 Å². The number of benzene rings is 1. The zero-order chi connectivity index (χ0) is 18.7. The molecule has 1 aliphatic rings. The third-order valence-electron chi connectivity index (χ3n) is 4.51. The number of hydrogen-bond donors (Lipinski definition) is 0. The van der Waals surface area contributed by atoms with Crippen LogP contribution in [0.25, 0.3) is 0 Å². The first kappa shape index (κ1) is 18.4. The second-order valence-electron chi connectivity index (χ2n) is 6.27. The molecule has 0 bridgehead atoms. The summed E-state index contributed by atoms with van der Waals surface area (Å²) in [6.45, 7) is 6.14. The van der Waals surface area contributed by atoms with Gasteiger partial charge in [-0.3, -0.25) is 0 Å². The van der Waals surface area contributed by atoms with Gasteiger partial charge in [0.05, 0.1) is 18.3 Å². The average molecular weight is 363 g/mol. The van der Waals surface area contributed by atoms with Crippen LogP contribution < -0.4 is 4.90 Å². The lowest BCUT2D eigenvalue weighted by molar-refractivity contribution is 0.0525. The summed E-state index contributed by atoms with van der Waals surface area (Å²) in [6.07, 6.45) is 2.68. The average Bonchev–Trinajstić information content (AvgIpc) is 3.17. The molecule has 1 unspecified atom stereocenters. The number of alkyl halides is 2. The quantitative estimate of drug-likeness (QED) is 0.727. The van der Waals surface area contributed by atoms with Gasteiger partial charge in [0.1, 0.15) is 6.33 Å². The lowest BCUT2D eigenvalue weighted by Gasteiger charge is -2.29. The molecular formula is C19H20F3N3O. The number of hydrogen-bond acceptors (Lipinski definition) is 4. The Balaban J connectivity index is 1.89. The summed E-state index contributed by atoms with van der Waals surface area (Å²) in [5.74, 6) is -3.35. The molecule has 2 aromatic rings. The standard InChI is InChI=1S/C19H20F3N3O/c1-3-19(21,22)15-6-4-14(5-7-15)10-25(16-8-9-26-11-16)18-17(20)13(2)23-12-24-18/h3-7,12,16H,1,8-11H2,2H3. The van der Waals surface area contributed by atoms with Crippen molar-refractivity contribution in [2.24, 2.45) is 0 Å². The molecule has 1 aliphatic heterocycles. The molecular weight excluding hydrogens is 343 g/mol. The summed E-state index contributed by atoms with van der Waals surface area (Å²) in [7, 11) is 0. The second kappa shape index (κ2) is 7.45. The van der Waals surface area contributed by atoms with E-state index in [0.29, 0.717) is 25.8 Å². The number of nitrogens with zero attached hydrogens (tertiary/aromatic N) is 3. The molecule has 0 radical (unpaired) electrons. The van der Waals surface area contributed by atoms with Crippen LogP contribution in [0.2, 0.25) is 0 Å². The van der Waals surface area contributed by atoms with E-state index in [-0.39, 0.29) is 23.1 Å². The smallest absolute Gasteiger partial charge is 0.291 e. The summed E-state index contributed by atoms with van der Waals surface area (Å²) >= 11 is 0. The summed E-state index contributed by atoms with van der Waals surface area (Å²) in [5.41, 5.74) is 0.909. The molecule has 26 heavy (non-hydrogen) atoms. The molecule has 3 rings (SSSR count). The van der Waals surface area contributed by atoms with Crippen LogP contribution in [0.1, 0.15) is 23.2 Å². The molecule has 1 aromatic heterocycles. The fourth-order valence-electron chi connectivity index (χ4n) is 2.94. The minimum Gasteiger partial charge on any atom is -0.379 e. The normalized spacial score (nSPS) is 17.3. The molecule has 1 aromatic carbocycles. The van der Waals surface area contributed by atoms with Gasteiger partial charge in [-0.15, -0.1) is 0 Å². The van der Waals surface area contributed by atoms with Crippen molar-refractivity contribution in [1.82, 2.24) is 9.97 Å². The molecule has 0 spiro atoms. The summed E-state index contributed by atoms with van der Waals surface area (Å²) in [5, 5.41) is 0. The van der Waals surface area contributed by atoms with Crippen LogP contribution in [0.5, 0.6) is 0 Å². The monoisotopic (exact) mass is 363 g/mol. The van der Waals surface area contributed by atoms with Crippen molar-refractivity contribution in [2.45, 2.75) is 31.9 Å². The van der Waals surface area contributed by atoms with Crippen LogP contribution in [0.4, 0.5) is 19.0 Å². The van der Waals surface area contributed by atoms with Gasteiger partial charge in [-0.2, -0.15) is 8.78 Å². The Morgan fingerprint density at radius 1 is 1.31 bits per heavy atom. The van der Waals surface area contributed by atoms with Crippen molar-refractivity contribution in [3.63, 3.8) is 0 Å². The topological polar surface area (TPSA) is 38.2 Å². The van der Waals surface area contributed by atoms with Gasteiger partial charge in [-0.1, -0.05) is 30.8 Å². The molecule has 138 valence electrons. The third-order valence-corrected chi connectivity index (χ3v) is 4.51. The molecule has 7 heteroatoms. The van der Waals surface area contributed by atoms with E-state index in [1.807, 2.05) is 4.90 Å². The van der Waals surface area contributed by atoms with E-state index in [9.17, 15) is 13.2 Å². The minimum atomic E-state index is -3.08. The third kappa shape index (κ3) is 3.72. The zero-order valence-electron chi connectivity index (χ0n) is 14.5. The van der Waals surface area contributed by atoms with Crippen LogP contribution in [-0.4, -0.2) is 29.2 Å². The molecule has 4 nitrogen and oxygen atoms in total. The van der Waals surface area contributed by atoms with Crippen molar-refractivity contribution in [2.75, 3.05) is 18.1 Å². The van der Waals surface area contributed by atoms with E-state index >= 15 is 0 Å². The van der Waals surface area contributed by atoms with Crippen LogP contribution >= 0.6 is 0 Å². The molecule has 2 heterocycles. The highest BCUT2D eigenvalue weighted by atomic mass is 19.3. The van der Waals surface area contributed by atoms with Gasteiger partial charge in [0.2, 0.25) is 0 Å². The fourth-order valence-corrected chi connectivity index (χ4v) is 2.94. The largest absolute Gasteiger partial charge is 0.379 e. The van der Waals surface area contributed by atoms with E-state index < -0.39 is 11.7 Å². The van der Waals surface area contributed by atoms with Gasteiger partial charge in [0, 0.05) is 18.7 Å². The van der Waals surface area contributed by atoms with Gasteiger partial charge < -0.3 is 9.64 Å². The lowest BCUT2D eigenvalue weighted by Crippen LogP contribution is -2.36. The van der Waals surface area contributed by atoms with Gasteiger partial charge in [0.15, 0.2) is 11.6 Å². The number of ether oxygens (including phenoxy) is 1. The Labute approximate surface area is 150 Å². The first-order valence-electron chi connectivity index (χ1n) is 8.34. The number of halogens is 3. The van der Waals surface area contributed by atoms with E-state index in [1.165, 1.54) is 18.5 Å². The lowest BCUT2D eigenvalue weighted by atomic mass is 10.1. The summed E-state index contributed by atoms with van der Waals surface area (Å²) in [6, 6.07) is 5.92. The number of aromatic nitrogens is 2. The maximum atomic E-state index is 14.6. The van der Waals surface area contributed by atoms with Crippen molar-refractivity contribution >= 4 is 5.82 Å². The zero-order valence-corrected chi connectivity index (χ0v) is 14.5. The Morgan fingerprint density at radius 3 is 2.65 bits per heavy atom. The van der Waals surface area contributed by atoms with Gasteiger partial charge in [0.25, 0.3) is 5.92 Å². The molecule has 1 fully saturated rings.